The highest BCUT2D eigenvalue weighted by Gasteiger charge is 2.07. The Morgan fingerprint density at radius 1 is 1.19 bits per heavy atom. The molecule has 0 saturated carbocycles. The largest absolute Gasteiger partial charge is 0.317 e. The van der Waals surface area contributed by atoms with Crippen LogP contribution < -0.4 is 5.32 Å². The maximum atomic E-state index is 4.54. The molecule has 3 nitrogen and oxygen atoms in total. The first-order chi connectivity index (χ1) is 10.2. The summed E-state index contributed by atoms with van der Waals surface area (Å²) in [7, 11) is 2.16. The Kier molecular flexibility index (Phi) is 6.36. The van der Waals surface area contributed by atoms with Crippen LogP contribution >= 0.6 is 11.3 Å². The van der Waals surface area contributed by atoms with Crippen LogP contribution in [0.1, 0.15) is 28.8 Å². The van der Waals surface area contributed by atoms with Crippen molar-refractivity contribution >= 4 is 11.3 Å². The van der Waals surface area contributed by atoms with E-state index in [1.54, 1.807) is 11.3 Å². The number of hydrogen-bond donors (Lipinski definition) is 1. The van der Waals surface area contributed by atoms with Crippen molar-refractivity contribution in [3.63, 3.8) is 0 Å². The highest BCUT2D eigenvalue weighted by molar-refractivity contribution is 7.09. The zero-order chi connectivity index (χ0) is 15.1. The Labute approximate surface area is 132 Å². The molecule has 114 valence electrons. The first-order valence-corrected chi connectivity index (χ1v) is 8.44. The van der Waals surface area contributed by atoms with E-state index in [-0.39, 0.29) is 0 Å². The van der Waals surface area contributed by atoms with Gasteiger partial charge in [-0.2, -0.15) is 0 Å². The van der Waals surface area contributed by atoms with Gasteiger partial charge in [0.15, 0.2) is 0 Å². The molecular formula is C17H25N3S. The van der Waals surface area contributed by atoms with Gasteiger partial charge in [0.25, 0.3) is 0 Å². The van der Waals surface area contributed by atoms with Crippen LogP contribution in [-0.4, -0.2) is 30.0 Å². The number of aryl methyl sites for hydroxylation is 1. The molecule has 2 aromatic rings. The first kappa shape index (κ1) is 16.1. The summed E-state index contributed by atoms with van der Waals surface area (Å²) in [6, 6.07) is 8.75. The minimum Gasteiger partial charge on any atom is -0.317 e. The van der Waals surface area contributed by atoms with Crippen LogP contribution in [0, 0.1) is 6.92 Å². The first-order valence-electron chi connectivity index (χ1n) is 7.56. The number of aromatic nitrogens is 1. The van der Waals surface area contributed by atoms with Gasteiger partial charge in [-0.05, 0) is 44.6 Å². The summed E-state index contributed by atoms with van der Waals surface area (Å²) in [6.45, 7) is 8.16. The number of benzene rings is 1. The van der Waals surface area contributed by atoms with Gasteiger partial charge in [-0.15, -0.1) is 11.3 Å². The standard InChI is InChI=1S/C17H25N3S/c1-4-18-10-9-15-7-5-6-8-16(15)11-20(3)12-17-13-21-14(2)19-17/h5-8,13,18H,4,9-12H2,1-3H3. The highest BCUT2D eigenvalue weighted by Crippen LogP contribution is 2.14. The Morgan fingerprint density at radius 3 is 2.62 bits per heavy atom. The molecule has 0 unspecified atom stereocenters. The average molecular weight is 303 g/mol. The molecule has 0 fully saturated rings. The van der Waals surface area contributed by atoms with Gasteiger partial charge in [0.05, 0.1) is 10.7 Å². The fourth-order valence-electron chi connectivity index (χ4n) is 2.46. The van der Waals surface area contributed by atoms with Gasteiger partial charge in [-0.3, -0.25) is 4.90 Å². The van der Waals surface area contributed by atoms with Gasteiger partial charge in [0.2, 0.25) is 0 Å². The minimum absolute atomic E-state index is 0.909. The van der Waals surface area contributed by atoms with E-state index in [4.69, 9.17) is 0 Å². The highest BCUT2D eigenvalue weighted by atomic mass is 32.1. The third-order valence-electron chi connectivity index (χ3n) is 3.48. The van der Waals surface area contributed by atoms with E-state index in [9.17, 15) is 0 Å². The molecule has 0 radical (unpaired) electrons. The fourth-order valence-corrected chi connectivity index (χ4v) is 3.06. The molecule has 0 atom stereocenters. The van der Waals surface area contributed by atoms with Crippen molar-refractivity contribution in [2.45, 2.75) is 33.4 Å². The number of hydrogen-bond acceptors (Lipinski definition) is 4. The molecule has 1 N–H and O–H groups in total. The van der Waals surface area contributed by atoms with E-state index >= 15 is 0 Å². The topological polar surface area (TPSA) is 28.2 Å². The maximum Gasteiger partial charge on any atom is 0.0897 e. The molecule has 0 spiro atoms. The summed E-state index contributed by atoms with van der Waals surface area (Å²) in [5.74, 6) is 0. The second-order valence-electron chi connectivity index (χ2n) is 5.40. The minimum atomic E-state index is 0.909. The van der Waals surface area contributed by atoms with Crippen LogP contribution in [0.2, 0.25) is 0 Å². The molecular weight excluding hydrogens is 278 g/mol. The van der Waals surface area contributed by atoms with Crippen molar-refractivity contribution in [1.29, 1.82) is 0 Å². The number of thiazole rings is 1. The van der Waals surface area contributed by atoms with E-state index in [0.717, 1.165) is 37.6 Å². The van der Waals surface area contributed by atoms with Gasteiger partial charge in [-0.1, -0.05) is 31.2 Å². The molecule has 1 aromatic carbocycles. The second kappa shape index (κ2) is 8.27. The van der Waals surface area contributed by atoms with Gasteiger partial charge in [0.1, 0.15) is 0 Å². The summed E-state index contributed by atoms with van der Waals surface area (Å²) < 4.78 is 0. The number of rotatable bonds is 8. The Balaban J connectivity index is 1.94. The summed E-state index contributed by atoms with van der Waals surface area (Å²) in [6.07, 6.45) is 1.09. The number of likely N-dealkylation sites (N-methyl/N-ethyl adjacent to an activating group) is 1. The SMILES string of the molecule is CCNCCc1ccccc1CN(C)Cc1csc(C)n1. The van der Waals surface area contributed by atoms with E-state index in [2.05, 4.69) is 65.7 Å². The molecule has 0 aliphatic carbocycles. The molecule has 1 heterocycles. The normalized spacial score (nSPS) is 11.2. The van der Waals surface area contributed by atoms with Crippen LogP contribution in [-0.2, 0) is 19.5 Å². The summed E-state index contributed by atoms with van der Waals surface area (Å²) >= 11 is 1.72. The van der Waals surface area contributed by atoms with E-state index < -0.39 is 0 Å². The fraction of sp³-hybridized carbons (Fsp3) is 0.471. The zero-order valence-corrected chi connectivity index (χ0v) is 14.0. The third kappa shape index (κ3) is 5.23. The summed E-state index contributed by atoms with van der Waals surface area (Å²) in [4.78, 5) is 6.88. The van der Waals surface area contributed by atoms with Crippen LogP contribution in [0.5, 0.6) is 0 Å². The van der Waals surface area contributed by atoms with Crippen LogP contribution in [0.3, 0.4) is 0 Å². The van der Waals surface area contributed by atoms with Crippen molar-refractivity contribution in [2.24, 2.45) is 0 Å². The van der Waals surface area contributed by atoms with Crippen molar-refractivity contribution in [3.8, 4) is 0 Å². The predicted molar refractivity (Wildman–Crippen MR) is 90.7 cm³/mol. The summed E-state index contributed by atoms with van der Waals surface area (Å²) in [5, 5.41) is 6.70. The molecule has 1 aromatic heterocycles. The second-order valence-corrected chi connectivity index (χ2v) is 6.46. The number of nitrogens with zero attached hydrogens (tertiary/aromatic N) is 2. The Hall–Kier alpha value is -1.23. The Bertz CT molecular complexity index is 550. The zero-order valence-electron chi connectivity index (χ0n) is 13.2. The van der Waals surface area contributed by atoms with Gasteiger partial charge < -0.3 is 5.32 Å². The van der Waals surface area contributed by atoms with Crippen LogP contribution in [0.15, 0.2) is 29.6 Å². The monoisotopic (exact) mass is 303 g/mol. The van der Waals surface area contributed by atoms with Crippen molar-refractivity contribution in [3.05, 3.63) is 51.5 Å². The Morgan fingerprint density at radius 2 is 1.95 bits per heavy atom. The molecule has 2 rings (SSSR count). The lowest BCUT2D eigenvalue weighted by Crippen LogP contribution is -2.20. The van der Waals surface area contributed by atoms with Crippen LogP contribution in [0.4, 0.5) is 0 Å². The average Bonchev–Trinajstić information content (AvgIpc) is 2.86. The maximum absolute atomic E-state index is 4.54. The van der Waals surface area contributed by atoms with Gasteiger partial charge >= 0.3 is 0 Å². The number of nitrogens with one attached hydrogen (secondary N) is 1. The third-order valence-corrected chi connectivity index (χ3v) is 4.30. The van der Waals surface area contributed by atoms with E-state index in [1.165, 1.54) is 16.8 Å². The van der Waals surface area contributed by atoms with E-state index in [0.29, 0.717) is 0 Å². The molecule has 0 aliphatic rings. The van der Waals surface area contributed by atoms with Crippen molar-refractivity contribution < 1.29 is 0 Å². The lowest BCUT2D eigenvalue weighted by atomic mass is 10.0. The van der Waals surface area contributed by atoms with Gasteiger partial charge in [0, 0.05) is 18.5 Å². The molecule has 21 heavy (non-hydrogen) atoms. The van der Waals surface area contributed by atoms with Gasteiger partial charge in [-0.25, -0.2) is 4.98 Å². The summed E-state index contributed by atoms with van der Waals surface area (Å²) in [5.41, 5.74) is 4.04. The quantitative estimate of drug-likeness (QED) is 0.759. The smallest absolute Gasteiger partial charge is 0.0897 e. The van der Waals surface area contributed by atoms with Crippen molar-refractivity contribution in [2.75, 3.05) is 20.1 Å². The van der Waals surface area contributed by atoms with Crippen molar-refractivity contribution in [1.82, 2.24) is 15.2 Å². The molecule has 4 heteroatoms. The predicted octanol–water partition coefficient (Wildman–Crippen LogP) is 3.24. The van der Waals surface area contributed by atoms with Crippen LogP contribution in [0.25, 0.3) is 0 Å². The lowest BCUT2D eigenvalue weighted by molar-refractivity contribution is 0.314. The van der Waals surface area contributed by atoms with E-state index in [1.807, 2.05) is 0 Å². The molecule has 0 bridgehead atoms. The molecule has 0 aliphatic heterocycles. The molecule has 0 saturated heterocycles. The lowest BCUT2D eigenvalue weighted by Gasteiger charge is -2.18. The molecule has 0 amide bonds.